The van der Waals surface area contributed by atoms with Crippen molar-refractivity contribution in [3.8, 4) is 0 Å². The predicted molar refractivity (Wildman–Crippen MR) is 94.9 cm³/mol. The number of amides is 2. The lowest BCUT2D eigenvalue weighted by molar-refractivity contribution is -0.162. The predicted octanol–water partition coefficient (Wildman–Crippen LogP) is 4.20. The molecule has 2 atom stereocenters. The van der Waals surface area contributed by atoms with E-state index in [1.54, 1.807) is 25.1 Å². The SMILES string of the molecule is CC(Cc1ccc(Cl)cc1Cl)NC(=O)C1CCCN1C(=O)OCC(F)(F)F. The summed E-state index contributed by atoms with van der Waals surface area (Å²) in [6, 6.07) is 3.89. The number of alkyl halides is 3. The summed E-state index contributed by atoms with van der Waals surface area (Å²) in [5, 5.41) is 3.74. The Balaban J connectivity index is 1.92. The fraction of sp³-hybridized carbons (Fsp3) is 0.529. The van der Waals surface area contributed by atoms with E-state index in [4.69, 9.17) is 23.2 Å². The number of nitrogens with one attached hydrogen (secondary N) is 1. The summed E-state index contributed by atoms with van der Waals surface area (Å²) in [5.41, 5.74) is 0.793. The first kappa shape index (κ1) is 21.6. The first-order valence-electron chi connectivity index (χ1n) is 8.31. The van der Waals surface area contributed by atoms with Crippen LogP contribution in [-0.4, -0.2) is 48.3 Å². The molecule has 0 aromatic heterocycles. The zero-order valence-electron chi connectivity index (χ0n) is 14.5. The Morgan fingerprint density at radius 3 is 2.70 bits per heavy atom. The molecule has 2 unspecified atom stereocenters. The number of nitrogens with zero attached hydrogens (tertiary/aromatic N) is 1. The Labute approximate surface area is 164 Å². The maximum Gasteiger partial charge on any atom is 0.422 e. The molecule has 1 heterocycles. The van der Waals surface area contributed by atoms with E-state index in [1.165, 1.54) is 0 Å². The Kier molecular flexibility index (Phi) is 7.22. The summed E-state index contributed by atoms with van der Waals surface area (Å²) >= 11 is 12.0. The van der Waals surface area contributed by atoms with Gasteiger partial charge in [0.2, 0.25) is 5.91 Å². The van der Waals surface area contributed by atoms with Crippen molar-refractivity contribution in [3.63, 3.8) is 0 Å². The highest BCUT2D eigenvalue weighted by Gasteiger charge is 2.37. The lowest BCUT2D eigenvalue weighted by Crippen LogP contribution is -2.49. The van der Waals surface area contributed by atoms with E-state index in [0.29, 0.717) is 29.3 Å². The van der Waals surface area contributed by atoms with Crippen molar-refractivity contribution >= 4 is 35.2 Å². The minimum Gasteiger partial charge on any atom is -0.440 e. The number of carbonyl (C=O) groups excluding carboxylic acids is 2. The Morgan fingerprint density at radius 2 is 2.07 bits per heavy atom. The molecule has 5 nitrogen and oxygen atoms in total. The van der Waals surface area contributed by atoms with Crippen LogP contribution >= 0.6 is 23.2 Å². The van der Waals surface area contributed by atoms with Crippen molar-refractivity contribution in [2.75, 3.05) is 13.2 Å². The summed E-state index contributed by atoms with van der Waals surface area (Å²) in [6.07, 6.45) is -4.44. The van der Waals surface area contributed by atoms with Crippen molar-refractivity contribution in [1.29, 1.82) is 0 Å². The summed E-state index contributed by atoms with van der Waals surface area (Å²) in [4.78, 5) is 25.3. The average molecular weight is 427 g/mol. The van der Waals surface area contributed by atoms with Gasteiger partial charge in [0.1, 0.15) is 6.04 Å². The second-order valence-corrected chi connectivity index (χ2v) is 7.21. The molecule has 1 N–H and O–H groups in total. The standard InChI is InChI=1S/C17H19Cl2F3N2O3/c1-10(7-11-4-5-12(18)8-13(11)19)23-15(25)14-3-2-6-24(14)16(26)27-9-17(20,21)22/h4-5,8,10,14H,2-3,6-7,9H2,1H3,(H,23,25). The lowest BCUT2D eigenvalue weighted by atomic mass is 10.1. The molecule has 2 rings (SSSR count). The first-order chi connectivity index (χ1) is 12.6. The van der Waals surface area contributed by atoms with Crippen LogP contribution in [0.25, 0.3) is 0 Å². The summed E-state index contributed by atoms with van der Waals surface area (Å²) in [7, 11) is 0. The van der Waals surface area contributed by atoms with Gasteiger partial charge in [-0.25, -0.2) is 4.79 Å². The van der Waals surface area contributed by atoms with Crippen LogP contribution in [0.2, 0.25) is 10.0 Å². The molecule has 27 heavy (non-hydrogen) atoms. The number of benzene rings is 1. The molecule has 0 saturated carbocycles. The van der Waals surface area contributed by atoms with Crippen molar-refractivity contribution in [2.45, 2.75) is 44.4 Å². The number of likely N-dealkylation sites (tertiary alicyclic amines) is 1. The quantitative estimate of drug-likeness (QED) is 0.767. The number of halogens is 5. The van der Waals surface area contributed by atoms with Crippen molar-refractivity contribution in [3.05, 3.63) is 33.8 Å². The number of ether oxygens (including phenoxy) is 1. The van der Waals surface area contributed by atoms with Crippen molar-refractivity contribution < 1.29 is 27.5 Å². The van der Waals surface area contributed by atoms with Crippen LogP contribution in [0, 0.1) is 0 Å². The highest BCUT2D eigenvalue weighted by atomic mass is 35.5. The molecule has 10 heteroatoms. The smallest absolute Gasteiger partial charge is 0.422 e. The van der Waals surface area contributed by atoms with Crippen LogP contribution in [0.5, 0.6) is 0 Å². The highest BCUT2D eigenvalue weighted by molar-refractivity contribution is 6.35. The van der Waals surface area contributed by atoms with Gasteiger partial charge in [0.05, 0.1) is 0 Å². The largest absolute Gasteiger partial charge is 0.440 e. The van der Waals surface area contributed by atoms with Gasteiger partial charge < -0.3 is 10.1 Å². The van der Waals surface area contributed by atoms with E-state index >= 15 is 0 Å². The van der Waals surface area contributed by atoms with Crippen LogP contribution in [0.1, 0.15) is 25.3 Å². The zero-order valence-corrected chi connectivity index (χ0v) is 16.0. The normalized spacial score (nSPS) is 18.3. The van der Waals surface area contributed by atoms with Gasteiger partial charge in [0.15, 0.2) is 6.61 Å². The fourth-order valence-electron chi connectivity index (χ4n) is 2.89. The van der Waals surface area contributed by atoms with E-state index in [1.807, 2.05) is 0 Å². The molecule has 0 aliphatic carbocycles. The molecule has 0 radical (unpaired) electrons. The molecule has 0 bridgehead atoms. The average Bonchev–Trinajstić information content (AvgIpc) is 3.04. The second kappa shape index (κ2) is 9.01. The lowest BCUT2D eigenvalue weighted by Gasteiger charge is -2.25. The van der Waals surface area contributed by atoms with Gasteiger partial charge in [-0.3, -0.25) is 9.69 Å². The molecule has 150 valence electrons. The molecule has 2 amide bonds. The Bertz CT molecular complexity index is 700. The highest BCUT2D eigenvalue weighted by Crippen LogP contribution is 2.23. The Morgan fingerprint density at radius 1 is 1.37 bits per heavy atom. The number of hydrogen-bond acceptors (Lipinski definition) is 3. The molecule has 1 aliphatic rings. The third-order valence-corrected chi connectivity index (χ3v) is 4.67. The Hall–Kier alpha value is -1.67. The van der Waals surface area contributed by atoms with E-state index in [9.17, 15) is 22.8 Å². The van der Waals surface area contributed by atoms with Crippen LogP contribution in [0.15, 0.2) is 18.2 Å². The molecule has 1 aromatic rings. The number of hydrogen-bond donors (Lipinski definition) is 1. The van der Waals surface area contributed by atoms with E-state index in [0.717, 1.165) is 10.5 Å². The monoisotopic (exact) mass is 426 g/mol. The minimum atomic E-state index is -4.61. The number of rotatable bonds is 5. The van der Waals surface area contributed by atoms with Gasteiger partial charge in [-0.1, -0.05) is 29.3 Å². The third-order valence-electron chi connectivity index (χ3n) is 4.08. The summed E-state index contributed by atoms with van der Waals surface area (Å²) in [6.45, 7) is 0.262. The van der Waals surface area contributed by atoms with Gasteiger partial charge in [0, 0.05) is 22.6 Å². The first-order valence-corrected chi connectivity index (χ1v) is 9.07. The van der Waals surface area contributed by atoms with E-state index < -0.39 is 30.8 Å². The molecular weight excluding hydrogens is 408 g/mol. The van der Waals surface area contributed by atoms with Crippen LogP contribution in [0.3, 0.4) is 0 Å². The van der Waals surface area contributed by atoms with Gasteiger partial charge in [-0.15, -0.1) is 0 Å². The maximum atomic E-state index is 12.5. The summed E-state index contributed by atoms with van der Waals surface area (Å²) < 4.78 is 40.9. The van der Waals surface area contributed by atoms with Gasteiger partial charge in [-0.05, 0) is 43.9 Å². The molecular formula is C17H19Cl2F3N2O3. The topological polar surface area (TPSA) is 58.6 Å². The van der Waals surface area contributed by atoms with Crippen LogP contribution in [-0.2, 0) is 16.0 Å². The maximum absolute atomic E-state index is 12.5. The minimum absolute atomic E-state index is 0.173. The fourth-order valence-corrected chi connectivity index (χ4v) is 3.38. The van der Waals surface area contributed by atoms with Crippen LogP contribution < -0.4 is 5.32 Å². The van der Waals surface area contributed by atoms with Gasteiger partial charge in [0.25, 0.3) is 0 Å². The zero-order chi connectivity index (χ0) is 20.2. The molecule has 1 saturated heterocycles. The van der Waals surface area contributed by atoms with Crippen molar-refractivity contribution in [1.82, 2.24) is 10.2 Å². The summed E-state index contributed by atoms with van der Waals surface area (Å²) in [5.74, 6) is -0.436. The van der Waals surface area contributed by atoms with Gasteiger partial charge in [-0.2, -0.15) is 13.2 Å². The van der Waals surface area contributed by atoms with E-state index in [-0.39, 0.29) is 12.6 Å². The van der Waals surface area contributed by atoms with Crippen molar-refractivity contribution in [2.24, 2.45) is 0 Å². The molecule has 0 spiro atoms. The second-order valence-electron chi connectivity index (χ2n) is 6.37. The molecule has 1 aliphatic heterocycles. The number of carbonyl (C=O) groups is 2. The third kappa shape index (κ3) is 6.46. The van der Waals surface area contributed by atoms with E-state index in [2.05, 4.69) is 10.1 Å². The molecule has 1 aromatic carbocycles. The molecule has 1 fully saturated rings. The van der Waals surface area contributed by atoms with Gasteiger partial charge >= 0.3 is 12.3 Å². The van der Waals surface area contributed by atoms with Crippen LogP contribution in [0.4, 0.5) is 18.0 Å².